The molecule has 1 atom stereocenters. The fourth-order valence-electron chi connectivity index (χ4n) is 4.73. The first-order chi connectivity index (χ1) is 15.6. The molecule has 3 heterocycles. The zero-order valence-electron chi connectivity index (χ0n) is 19.0. The molecule has 2 aliphatic rings. The zero-order valence-corrected chi connectivity index (χ0v) is 19.7. The molecular formula is C26H34ClN3O2. The lowest BCUT2D eigenvalue weighted by Gasteiger charge is -2.22. The van der Waals surface area contributed by atoms with E-state index in [4.69, 9.17) is 16.3 Å². The van der Waals surface area contributed by atoms with Crippen molar-refractivity contribution < 1.29 is 9.53 Å². The molecule has 1 unspecified atom stereocenters. The maximum atomic E-state index is 13.0. The number of nitrogens with one attached hydrogen (secondary N) is 1. The van der Waals surface area contributed by atoms with Gasteiger partial charge in [0.05, 0.1) is 5.02 Å². The highest BCUT2D eigenvalue weighted by Gasteiger charge is 2.23. The number of halogens is 1. The number of anilines is 1. The lowest BCUT2D eigenvalue weighted by molar-refractivity contribution is -0.122. The zero-order chi connectivity index (χ0) is 22.3. The van der Waals surface area contributed by atoms with Crippen LogP contribution in [0.1, 0.15) is 37.8 Å². The van der Waals surface area contributed by atoms with Crippen molar-refractivity contribution in [1.82, 2.24) is 9.88 Å². The van der Waals surface area contributed by atoms with Gasteiger partial charge in [-0.1, -0.05) is 30.2 Å². The Balaban J connectivity index is 1.44. The van der Waals surface area contributed by atoms with E-state index in [9.17, 15) is 4.79 Å². The quantitative estimate of drug-likeness (QED) is 0.630. The van der Waals surface area contributed by atoms with Crippen molar-refractivity contribution in [2.24, 2.45) is 11.8 Å². The summed E-state index contributed by atoms with van der Waals surface area (Å²) in [5.74, 6) is 1.03. The molecule has 2 aliphatic heterocycles. The fourth-order valence-corrected chi connectivity index (χ4v) is 4.94. The van der Waals surface area contributed by atoms with E-state index in [-0.39, 0.29) is 11.7 Å². The molecule has 1 N–H and O–H groups in total. The molecule has 0 spiro atoms. The van der Waals surface area contributed by atoms with Crippen molar-refractivity contribution >= 4 is 23.1 Å². The molecule has 172 valence electrons. The minimum absolute atomic E-state index is 0.0983. The van der Waals surface area contributed by atoms with Crippen LogP contribution in [-0.2, 0) is 16.0 Å². The van der Waals surface area contributed by atoms with Gasteiger partial charge in [-0.05, 0) is 69.0 Å². The van der Waals surface area contributed by atoms with Crippen LogP contribution in [0.2, 0.25) is 5.02 Å². The Morgan fingerprint density at radius 2 is 2.06 bits per heavy atom. The molecule has 32 heavy (non-hydrogen) atoms. The first-order valence-corrected chi connectivity index (χ1v) is 12.2. The fraction of sp³-hybridized carbons (Fsp3) is 0.538. The van der Waals surface area contributed by atoms with Gasteiger partial charge in [0.25, 0.3) is 0 Å². The normalized spacial score (nSPS) is 20.6. The number of Topliss-reactive ketones (excluding diaryl/α,β-unsaturated/α-hetero) is 1. The van der Waals surface area contributed by atoms with Gasteiger partial charge in [-0.25, -0.2) is 0 Å². The van der Waals surface area contributed by atoms with Gasteiger partial charge in [-0.3, -0.25) is 9.78 Å². The number of aromatic nitrogens is 1. The molecule has 6 heteroatoms. The Morgan fingerprint density at radius 3 is 2.91 bits per heavy atom. The van der Waals surface area contributed by atoms with Crippen molar-refractivity contribution in [3.8, 4) is 11.1 Å². The number of benzene rings is 1. The van der Waals surface area contributed by atoms with E-state index < -0.39 is 0 Å². The minimum Gasteiger partial charge on any atom is -0.385 e. The van der Waals surface area contributed by atoms with Gasteiger partial charge in [-0.15, -0.1) is 0 Å². The summed E-state index contributed by atoms with van der Waals surface area (Å²) in [5, 5.41) is 4.18. The summed E-state index contributed by atoms with van der Waals surface area (Å²) in [6.45, 7) is 4.59. The molecule has 0 amide bonds. The third-order valence-corrected chi connectivity index (χ3v) is 7.01. The number of pyridine rings is 1. The highest BCUT2D eigenvalue weighted by molar-refractivity contribution is 6.33. The molecule has 2 saturated heterocycles. The van der Waals surface area contributed by atoms with Crippen LogP contribution in [0, 0.1) is 11.8 Å². The van der Waals surface area contributed by atoms with Crippen molar-refractivity contribution in [1.29, 1.82) is 0 Å². The topological polar surface area (TPSA) is 54.5 Å². The third-order valence-electron chi connectivity index (χ3n) is 6.71. The number of carbonyl (C=O) groups is 1. The van der Waals surface area contributed by atoms with E-state index >= 15 is 0 Å². The largest absolute Gasteiger partial charge is 0.385 e. The lowest BCUT2D eigenvalue weighted by Crippen LogP contribution is -2.29. The van der Waals surface area contributed by atoms with Crippen molar-refractivity contribution in [2.75, 3.05) is 45.2 Å². The average Bonchev–Trinajstić information content (AvgIpc) is 3.04. The predicted molar refractivity (Wildman–Crippen MR) is 130 cm³/mol. The van der Waals surface area contributed by atoms with E-state index in [1.165, 1.54) is 6.42 Å². The van der Waals surface area contributed by atoms with Crippen molar-refractivity contribution in [3.63, 3.8) is 0 Å². The molecule has 0 saturated carbocycles. The van der Waals surface area contributed by atoms with Gasteiger partial charge in [0.2, 0.25) is 0 Å². The van der Waals surface area contributed by atoms with E-state index in [0.717, 1.165) is 81.0 Å². The Labute approximate surface area is 196 Å². The number of carbonyl (C=O) groups excluding carboxylic acids is 1. The van der Waals surface area contributed by atoms with Gasteiger partial charge in [0.15, 0.2) is 0 Å². The standard InChI is InChI=1S/C26H34ClN3O2/c1-30-10-3-2-5-21(18-30)26(31)15-23-14-24(25(27)17-29-23)20-6-4-7-22(13-20)28-16-19-8-11-32-12-9-19/h4,6-7,13-14,17,19,21,28H,2-3,5,8-12,15-16,18H2,1H3. The van der Waals surface area contributed by atoms with Crippen LogP contribution in [0.3, 0.4) is 0 Å². The Kier molecular flexibility index (Phi) is 8.17. The number of ketones is 1. The van der Waals surface area contributed by atoms with Gasteiger partial charge in [-0.2, -0.15) is 0 Å². The summed E-state index contributed by atoms with van der Waals surface area (Å²) >= 11 is 6.52. The lowest BCUT2D eigenvalue weighted by atomic mass is 9.94. The van der Waals surface area contributed by atoms with E-state index in [2.05, 4.69) is 40.4 Å². The van der Waals surface area contributed by atoms with Crippen LogP contribution < -0.4 is 5.32 Å². The number of hydrogen-bond donors (Lipinski definition) is 1. The molecule has 5 nitrogen and oxygen atoms in total. The second-order valence-corrected chi connectivity index (χ2v) is 9.68. The number of rotatable bonds is 7. The van der Waals surface area contributed by atoms with Crippen molar-refractivity contribution in [3.05, 3.63) is 47.2 Å². The van der Waals surface area contributed by atoms with Crippen LogP contribution in [0.25, 0.3) is 11.1 Å². The minimum atomic E-state index is 0.0983. The highest BCUT2D eigenvalue weighted by atomic mass is 35.5. The first kappa shape index (κ1) is 23.2. The highest BCUT2D eigenvalue weighted by Crippen LogP contribution is 2.30. The number of ether oxygens (including phenoxy) is 1. The predicted octanol–water partition coefficient (Wildman–Crippen LogP) is 5.08. The monoisotopic (exact) mass is 455 g/mol. The number of nitrogens with zero attached hydrogens (tertiary/aromatic N) is 2. The van der Waals surface area contributed by atoms with Gasteiger partial charge in [0, 0.05) is 61.8 Å². The summed E-state index contributed by atoms with van der Waals surface area (Å²) in [4.78, 5) is 19.7. The molecular weight excluding hydrogens is 422 g/mol. The summed E-state index contributed by atoms with van der Waals surface area (Å²) in [6.07, 6.45) is 7.53. The smallest absolute Gasteiger partial charge is 0.143 e. The molecule has 4 rings (SSSR count). The number of likely N-dealkylation sites (tertiary alicyclic amines) is 1. The van der Waals surface area contributed by atoms with Crippen LogP contribution in [0.4, 0.5) is 5.69 Å². The summed E-state index contributed by atoms with van der Waals surface area (Å²) in [6, 6.07) is 10.3. The SMILES string of the molecule is CN1CCCCC(C(=O)Cc2cc(-c3cccc(NCC4CCOCC4)c3)c(Cl)cn2)C1. The van der Waals surface area contributed by atoms with Crippen LogP contribution in [0.5, 0.6) is 0 Å². The Hall–Kier alpha value is -1.95. The van der Waals surface area contributed by atoms with E-state index in [0.29, 0.717) is 17.4 Å². The van der Waals surface area contributed by atoms with Crippen LogP contribution in [-0.4, -0.2) is 55.6 Å². The Bertz CT molecular complexity index is 914. The van der Waals surface area contributed by atoms with E-state index in [1.54, 1.807) is 6.20 Å². The number of hydrogen-bond acceptors (Lipinski definition) is 5. The van der Waals surface area contributed by atoms with Gasteiger partial charge >= 0.3 is 0 Å². The van der Waals surface area contributed by atoms with Crippen molar-refractivity contribution in [2.45, 2.75) is 38.5 Å². The first-order valence-electron chi connectivity index (χ1n) is 11.9. The van der Waals surface area contributed by atoms with Gasteiger partial charge in [0.1, 0.15) is 5.78 Å². The maximum Gasteiger partial charge on any atom is 0.143 e. The summed E-state index contributed by atoms with van der Waals surface area (Å²) in [7, 11) is 2.10. The van der Waals surface area contributed by atoms with Gasteiger partial charge < -0.3 is 15.0 Å². The molecule has 0 bridgehead atoms. The molecule has 2 aromatic rings. The van der Waals surface area contributed by atoms with E-state index in [1.807, 2.05) is 12.1 Å². The second-order valence-electron chi connectivity index (χ2n) is 9.27. The average molecular weight is 456 g/mol. The Morgan fingerprint density at radius 1 is 1.22 bits per heavy atom. The second kappa shape index (κ2) is 11.3. The summed E-state index contributed by atoms with van der Waals surface area (Å²) in [5.41, 5.74) is 3.84. The molecule has 1 aromatic carbocycles. The molecule has 1 aromatic heterocycles. The summed E-state index contributed by atoms with van der Waals surface area (Å²) < 4.78 is 5.46. The maximum absolute atomic E-state index is 13.0. The van der Waals surface area contributed by atoms with Crippen LogP contribution >= 0.6 is 11.6 Å². The molecule has 2 fully saturated rings. The molecule has 0 radical (unpaired) electrons. The molecule has 0 aliphatic carbocycles. The van der Waals surface area contributed by atoms with Crippen LogP contribution in [0.15, 0.2) is 36.5 Å². The third kappa shape index (κ3) is 6.31.